The second-order valence-corrected chi connectivity index (χ2v) is 5.43. The summed E-state index contributed by atoms with van der Waals surface area (Å²) in [4.78, 5) is 7.53. The quantitative estimate of drug-likeness (QED) is 0.452. The van der Waals surface area contributed by atoms with E-state index in [4.69, 9.17) is 11.6 Å². The molecule has 0 spiro atoms. The Kier molecular flexibility index (Phi) is 2.66. The molecule has 0 unspecified atom stereocenters. The van der Waals surface area contributed by atoms with Gasteiger partial charge in [-0.05, 0) is 24.3 Å². The van der Waals surface area contributed by atoms with Gasteiger partial charge in [0, 0.05) is 21.7 Å². The molecular formula is C16H8ClF3N2. The van der Waals surface area contributed by atoms with Crippen LogP contribution in [0.2, 0.25) is 5.02 Å². The molecule has 0 atom stereocenters. The molecule has 0 saturated carbocycles. The Balaban J connectivity index is 2.16. The van der Waals surface area contributed by atoms with Crippen molar-refractivity contribution in [2.24, 2.45) is 0 Å². The Morgan fingerprint density at radius 1 is 1.00 bits per heavy atom. The highest BCUT2D eigenvalue weighted by Gasteiger charge is 2.31. The molecule has 2 nitrogen and oxygen atoms in total. The number of halogens is 4. The number of benzene rings is 2. The lowest BCUT2D eigenvalue weighted by atomic mass is 10.1. The van der Waals surface area contributed by atoms with Gasteiger partial charge in [0.2, 0.25) is 0 Å². The average molecular weight is 321 g/mol. The Hall–Kier alpha value is -2.27. The molecule has 0 saturated heterocycles. The van der Waals surface area contributed by atoms with Crippen LogP contribution >= 0.6 is 11.6 Å². The van der Waals surface area contributed by atoms with E-state index in [0.717, 1.165) is 23.0 Å². The van der Waals surface area contributed by atoms with Crippen molar-refractivity contribution in [1.29, 1.82) is 0 Å². The van der Waals surface area contributed by atoms with Gasteiger partial charge in [0.25, 0.3) is 0 Å². The largest absolute Gasteiger partial charge is 0.416 e. The highest BCUT2D eigenvalue weighted by Crippen LogP contribution is 2.38. The fourth-order valence-corrected chi connectivity index (χ4v) is 3.02. The zero-order chi connectivity index (χ0) is 15.5. The van der Waals surface area contributed by atoms with Gasteiger partial charge in [-0.1, -0.05) is 29.8 Å². The fraction of sp³-hybridized carbons (Fsp3) is 0.0625. The van der Waals surface area contributed by atoms with Crippen LogP contribution in [0.25, 0.3) is 32.8 Å². The summed E-state index contributed by atoms with van der Waals surface area (Å²) in [6, 6.07) is 10.9. The Morgan fingerprint density at radius 2 is 1.77 bits per heavy atom. The molecule has 4 rings (SSSR count). The van der Waals surface area contributed by atoms with E-state index in [9.17, 15) is 13.2 Å². The smallest absolute Gasteiger partial charge is 0.339 e. The van der Waals surface area contributed by atoms with Crippen LogP contribution in [0.1, 0.15) is 5.56 Å². The summed E-state index contributed by atoms with van der Waals surface area (Å²) in [7, 11) is 0. The number of hydrogen-bond donors (Lipinski definition) is 1. The van der Waals surface area contributed by atoms with E-state index in [2.05, 4.69) is 9.97 Å². The van der Waals surface area contributed by atoms with Crippen LogP contribution in [-0.2, 0) is 6.18 Å². The molecule has 0 aliphatic heterocycles. The zero-order valence-electron chi connectivity index (χ0n) is 11.0. The number of H-pyrrole nitrogens is 1. The van der Waals surface area contributed by atoms with Crippen LogP contribution in [0.4, 0.5) is 13.2 Å². The van der Waals surface area contributed by atoms with E-state index < -0.39 is 11.7 Å². The highest BCUT2D eigenvalue weighted by atomic mass is 35.5. The minimum atomic E-state index is -4.41. The lowest BCUT2D eigenvalue weighted by Crippen LogP contribution is -2.04. The number of aromatic amines is 1. The molecule has 0 aliphatic carbocycles. The molecule has 22 heavy (non-hydrogen) atoms. The van der Waals surface area contributed by atoms with Gasteiger partial charge < -0.3 is 4.98 Å². The lowest BCUT2D eigenvalue weighted by molar-refractivity contribution is -0.137. The minimum absolute atomic E-state index is 0.281. The van der Waals surface area contributed by atoms with Gasteiger partial charge in [-0.25, -0.2) is 4.98 Å². The van der Waals surface area contributed by atoms with Gasteiger partial charge in [0.1, 0.15) is 5.65 Å². The summed E-state index contributed by atoms with van der Waals surface area (Å²) in [5.74, 6) is 0. The SMILES string of the molecule is FC(F)(F)c1ccc2nc3[nH]c4ccccc4c3c(Cl)c2c1. The first-order valence-corrected chi connectivity index (χ1v) is 6.90. The fourth-order valence-electron chi connectivity index (χ4n) is 2.67. The number of alkyl halides is 3. The molecule has 1 N–H and O–H groups in total. The van der Waals surface area contributed by atoms with Crippen LogP contribution in [0.3, 0.4) is 0 Å². The summed E-state index contributed by atoms with van der Waals surface area (Å²) in [5, 5.41) is 2.07. The van der Waals surface area contributed by atoms with E-state index in [0.29, 0.717) is 21.9 Å². The molecule has 2 heterocycles. The maximum Gasteiger partial charge on any atom is 0.416 e. The average Bonchev–Trinajstić information content (AvgIpc) is 2.84. The van der Waals surface area contributed by atoms with Gasteiger partial charge in [-0.3, -0.25) is 0 Å². The maximum atomic E-state index is 12.9. The second-order valence-electron chi connectivity index (χ2n) is 5.05. The molecular weight excluding hydrogens is 313 g/mol. The first kappa shape index (κ1) is 13.4. The highest BCUT2D eigenvalue weighted by molar-refractivity contribution is 6.42. The third-order valence-corrected chi connectivity index (χ3v) is 4.09. The number of fused-ring (bicyclic) bond motifs is 4. The molecule has 0 amide bonds. The van der Waals surface area contributed by atoms with Crippen molar-refractivity contribution < 1.29 is 13.2 Å². The van der Waals surface area contributed by atoms with Crippen molar-refractivity contribution in [3.8, 4) is 0 Å². The maximum absolute atomic E-state index is 12.9. The van der Waals surface area contributed by atoms with Gasteiger partial charge >= 0.3 is 6.18 Å². The topological polar surface area (TPSA) is 28.7 Å². The molecule has 4 aromatic rings. The van der Waals surface area contributed by atoms with E-state index in [1.54, 1.807) is 0 Å². The molecule has 6 heteroatoms. The van der Waals surface area contributed by atoms with Crippen molar-refractivity contribution in [1.82, 2.24) is 9.97 Å². The predicted molar refractivity (Wildman–Crippen MR) is 81.1 cm³/mol. The number of pyridine rings is 1. The third kappa shape index (κ3) is 1.85. The van der Waals surface area contributed by atoms with E-state index in [1.807, 2.05) is 24.3 Å². The minimum Gasteiger partial charge on any atom is -0.339 e. The predicted octanol–water partition coefficient (Wildman–Crippen LogP) is 5.54. The number of aromatic nitrogens is 2. The molecule has 2 aromatic carbocycles. The molecule has 0 aliphatic rings. The Morgan fingerprint density at radius 3 is 2.55 bits per heavy atom. The zero-order valence-corrected chi connectivity index (χ0v) is 11.8. The summed E-state index contributed by atoms with van der Waals surface area (Å²) in [6.07, 6.45) is -4.41. The molecule has 0 radical (unpaired) electrons. The summed E-state index contributed by atoms with van der Waals surface area (Å²) < 4.78 is 38.7. The Labute approximate surface area is 127 Å². The summed E-state index contributed by atoms with van der Waals surface area (Å²) >= 11 is 6.39. The first-order valence-electron chi connectivity index (χ1n) is 6.52. The van der Waals surface area contributed by atoms with Crippen LogP contribution < -0.4 is 0 Å². The van der Waals surface area contributed by atoms with Crippen molar-refractivity contribution >= 4 is 44.4 Å². The number of nitrogens with zero attached hydrogens (tertiary/aromatic N) is 1. The normalized spacial score (nSPS) is 12.5. The monoisotopic (exact) mass is 320 g/mol. The number of para-hydroxylation sites is 1. The summed E-state index contributed by atoms with van der Waals surface area (Å²) in [5.41, 5.74) is 1.11. The standard InChI is InChI=1S/C16H8ClF3N2/c17-14-10-7-8(16(18,19)20)5-6-12(10)22-15-13(14)9-3-1-2-4-11(9)21-15/h1-7H,(H,21,22). The lowest BCUT2D eigenvalue weighted by Gasteiger charge is -2.08. The number of nitrogens with one attached hydrogen (secondary N) is 1. The molecule has 110 valence electrons. The summed E-state index contributed by atoms with van der Waals surface area (Å²) in [6.45, 7) is 0. The van der Waals surface area contributed by atoms with Crippen LogP contribution in [0.15, 0.2) is 42.5 Å². The van der Waals surface area contributed by atoms with Crippen LogP contribution in [0.5, 0.6) is 0 Å². The van der Waals surface area contributed by atoms with E-state index in [-0.39, 0.29) is 5.02 Å². The van der Waals surface area contributed by atoms with Gasteiger partial charge in [0.15, 0.2) is 0 Å². The van der Waals surface area contributed by atoms with Gasteiger partial charge in [0.05, 0.1) is 16.1 Å². The molecule has 0 bridgehead atoms. The van der Waals surface area contributed by atoms with E-state index in [1.165, 1.54) is 6.07 Å². The molecule has 2 aromatic heterocycles. The van der Waals surface area contributed by atoms with Crippen molar-refractivity contribution in [3.63, 3.8) is 0 Å². The van der Waals surface area contributed by atoms with Crippen molar-refractivity contribution in [2.75, 3.05) is 0 Å². The van der Waals surface area contributed by atoms with Crippen molar-refractivity contribution in [2.45, 2.75) is 6.18 Å². The second kappa shape index (κ2) is 4.36. The third-order valence-electron chi connectivity index (χ3n) is 3.70. The van der Waals surface area contributed by atoms with Crippen LogP contribution in [-0.4, -0.2) is 9.97 Å². The van der Waals surface area contributed by atoms with Gasteiger partial charge in [-0.15, -0.1) is 0 Å². The molecule has 0 fully saturated rings. The number of rotatable bonds is 0. The van der Waals surface area contributed by atoms with Crippen molar-refractivity contribution in [3.05, 3.63) is 53.1 Å². The first-order chi connectivity index (χ1) is 10.4. The van der Waals surface area contributed by atoms with Crippen LogP contribution in [0, 0.1) is 0 Å². The van der Waals surface area contributed by atoms with E-state index >= 15 is 0 Å². The Bertz CT molecular complexity index is 1030. The van der Waals surface area contributed by atoms with Gasteiger partial charge in [-0.2, -0.15) is 13.2 Å². The number of hydrogen-bond acceptors (Lipinski definition) is 1.